The Hall–Kier alpha value is -1.67. The maximum Gasteiger partial charge on any atom is 0.312 e. The minimum Gasteiger partial charge on any atom is -0.393 e. The minimum absolute atomic E-state index is 0.153. The summed E-state index contributed by atoms with van der Waals surface area (Å²) in [5, 5.41) is 11.1. The highest BCUT2D eigenvalue weighted by molar-refractivity contribution is 7.89. The third kappa shape index (κ3) is 3.51. The number of sulfonamides is 1. The van der Waals surface area contributed by atoms with E-state index in [1.165, 1.54) is 18.2 Å². The molecule has 0 aliphatic heterocycles. The quantitative estimate of drug-likeness (QED) is 0.501. The van der Waals surface area contributed by atoms with Crippen LogP contribution in [0, 0.1) is 16.0 Å². The van der Waals surface area contributed by atoms with E-state index in [9.17, 15) is 18.5 Å². The van der Waals surface area contributed by atoms with Gasteiger partial charge in [0.2, 0.25) is 10.0 Å². The first-order valence-electron chi connectivity index (χ1n) is 6.86. The van der Waals surface area contributed by atoms with Crippen LogP contribution in [-0.2, 0) is 10.0 Å². The molecule has 8 heteroatoms. The number of hydrogen-bond acceptors (Lipinski definition) is 5. The molecule has 116 valence electrons. The largest absolute Gasteiger partial charge is 0.393 e. The Balaban J connectivity index is 2.32. The highest BCUT2D eigenvalue weighted by Crippen LogP contribution is 2.31. The molecule has 1 aromatic carbocycles. The fourth-order valence-corrected chi connectivity index (χ4v) is 4.26. The lowest BCUT2D eigenvalue weighted by atomic mass is 9.88. The van der Waals surface area contributed by atoms with Crippen LogP contribution in [0.2, 0.25) is 0 Å². The van der Waals surface area contributed by atoms with Gasteiger partial charge in [0.25, 0.3) is 0 Å². The number of hydrogen-bond donors (Lipinski definition) is 2. The molecule has 0 spiro atoms. The maximum absolute atomic E-state index is 12.4. The fourth-order valence-electron chi connectivity index (χ4n) is 2.78. The van der Waals surface area contributed by atoms with Crippen molar-refractivity contribution in [1.29, 1.82) is 0 Å². The molecule has 1 fully saturated rings. The monoisotopic (exact) mass is 313 g/mol. The average molecular weight is 313 g/mol. The molecule has 7 nitrogen and oxygen atoms in total. The Morgan fingerprint density at radius 3 is 2.71 bits per heavy atom. The zero-order valence-electron chi connectivity index (χ0n) is 11.8. The minimum atomic E-state index is -3.95. The van der Waals surface area contributed by atoms with Gasteiger partial charge >= 0.3 is 5.69 Å². The molecule has 0 aromatic heterocycles. The fraction of sp³-hybridized carbons (Fsp3) is 0.538. The van der Waals surface area contributed by atoms with Gasteiger partial charge in [-0.15, -0.1) is 0 Å². The lowest BCUT2D eigenvalue weighted by Gasteiger charge is -2.27. The molecule has 2 rings (SSSR count). The molecule has 0 saturated heterocycles. The molecule has 1 aliphatic carbocycles. The molecular formula is C13H19N3O4S. The van der Waals surface area contributed by atoms with Crippen molar-refractivity contribution in [2.24, 2.45) is 5.92 Å². The van der Waals surface area contributed by atoms with Crippen LogP contribution in [0.1, 0.15) is 32.6 Å². The van der Waals surface area contributed by atoms with Crippen molar-refractivity contribution in [3.05, 3.63) is 28.3 Å². The first kappa shape index (κ1) is 15.7. The van der Waals surface area contributed by atoms with Gasteiger partial charge in [0.1, 0.15) is 5.69 Å². The van der Waals surface area contributed by atoms with Crippen LogP contribution in [0.5, 0.6) is 0 Å². The summed E-state index contributed by atoms with van der Waals surface area (Å²) in [4.78, 5) is 9.94. The number of rotatable bonds is 4. The highest BCUT2D eigenvalue weighted by Gasteiger charge is 2.31. The van der Waals surface area contributed by atoms with E-state index in [2.05, 4.69) is 11.6 Å². The number of benzene rings is 1. The van der Waals surface area contributed by atoms with Crippen LogP contribution in [0.15, 0.2) is 23.1 Å². The van der Waals surface area contributed by atoms with Gasteiger partial charge < -0.3 is 5.73 Å². The number of nitrogen functional groups attached to an aromatic ring is 1. The number of nitro benzene ring substituents is 1. The first-order valence-corrected chi connectivity index (χ1v) is 8.35. The number of nitrogens with one attached hydrogen (secondary N) is 1. The average Bonchev–Trinajstić information content (AvgIpc) is 2.37. The molecular weight excluding hydrogens is 294 g/mol. The number of anilines is 1. The van der Waals surface area contributed by atoms with E-state index in [-0.39, 0.29) is 16.6 Å². The molecule has 1 saturated carbocycles. The second-order valence-corrected chi connectivity index (χ2v) is 7.22. The van der Waals surface area contributed by atoms with Crippen molar-refractivity contribution in [3.63, 3.8) is 0 Å². The second kappa shape index (κ2) is 5.98. The highest BCUT2D eigenvalue weighted by atomic mass is 32.2. The van der Waals surface area contributed by atoms with E-state index in [1.807, 2.05) is 0 Å². The van der Waals surface area contributed by atoms with Crippen molar-refractivity contribution in [1.82, 2.24) is 4.72 Å². The lowest BCUT2D eigenvalue weighted by molar-refractivity contribution is -0.386. The van der Waals surface area contributed by atoms with Gasteiger partial charge in [0.05, 0.1) is 4.92 Å². The Bertz CT molecular complexity index is 645. The van der Waals surface area contributed by atoms with Crippen LogP contribution in [-0.4, -0.2) is 19.4 Å². The van der Waals surface area contributed by atoms with E-state index in [4.69, 9.17) is 5.73 Å². The third-order valence-electron chi connectivity index (χ3n) is 3.76. The summed E-state index contributed by atoms with van der Waals surface area (Å²) < 4.78 is 27.4. The first-order chi connectivity index (χ1) is 9.81. The zero-order valence-corrected chi connectivity index (χ0v) is 12.6. The van der Waals surface area contributed by atoms with Crippen LogP contribution >= 0.6 is 0 Å². The Morgan fingerprint density at radius 2 is 2.10 bits per heavy atom. The second-order valence-electron chi connectivity index (χ2n) is 5.54. The molecule has 1 aliphatic rings. The van der Waals surface area contributed by atoms with Crippen molar-refractivity contribution in [2.45, 2.75) is 43.5 Å². The molecule has 3 N–H and O–H groups in total. The van der Waals surface area contributed by atoms with Crippen molar-refractivity contribution < 1.29 is 13.3 Å². The van der Waals surface area contributed by atoms with E-state index >= 15 is 0 Å². The van der Waals surface area contributed by atoms with Gasteiger partial charge in [-0.2, -0.15) is 0 Å². The topological polar surface area (TPSA) is 115 Å². The van der Waals surface area contributed by atoms with E-state index < -0.39 is 20.6 Å². The SMILES string of the molecule is CC1CCCC(NS(=O)(=O)c2cccc(N)c2[N+](=O)[O-])C1. The van der Waals surface area contributed by atoms with Crippen molar-refractivity contribution >= 4 is 21.4 Å². The van der Waals surface area contributed by atoms with E-state index in [1.54, 1.807) is 0 Å². The number of nitro groups is 1. The van der Waals surface area contributed by atoms with E-state index in [0.29, 0.717) is 5.92 Å². The van der Waals surface area contributed by atoms with E-state index in [0.717, 1.165) is 25.7 Å². The smallest absolute Gasteiger partial charge is 0.312 e. The number of nitrogens with zero attached hydrogens (tertiary/aromatic N) is 1. The molecule has 0 bridgehead atoms. The predicted molar refractivity (Wildman–Crippen MR) is 79.3 cm³/mol. The van der Waals surface area contributed by atoms with Gasteiger partial charge in [-0.1, -0.05) is 25.8 Å². The summed E-state index contributed by atoms with van der Waals surface area (Å²) in [5.74, 6) is 0.447. The summed E-state index contributed by atoms with van der Waals surface area (Å²) in [7, 11) is -3.95. The number of para-hydroxylation sites is 1. The Morgan fingerprint density at radius 1 is 1.38 bits per heavy atom. The van der Waals surface area contributed by atoms with Crippen LogP contribution in [0.25, 0.3) is 0 Å². The molecule has 0 radical (unpaired) electrons. The van der Waals surface area contributed by atoms with Crippen LogP contribution in [0.4, 0.5) is 11.4 Å². The summed E-state index contributed by atoms with van der Waals surface area (Å²) >= 11 is 0. The molecule has 2 atom stereocenters. The zero-order chi connectivity index (χ0) is 15.6. The normalized spacial score (nSPS) is 22.9. The lowest BCUT2D eigenvalue weighted by Crippen LogP contribution is -2.38. The van der Waals surface area contributed by atoms with Crippen LogP contribution < -0.4 is 10.5 Å². The Kier molecular flexibility index (Phi) is 4.48. The van der Waals surface area contributed by atoms with Gasteiger partial charge in [0, 0.05) is 6.04 Å². The summed E-state index contributed by atoms with van der Waals surface area (Å²) in [5.41, 5.74) is 4.83. The van der Waals surface area contributed by atoms with Gasteiger partial charge in [-0.25, -0.2) is 13.1 Å². The van der Waals surface area contributed by atoms with Gasteiger partial charge in [-0.3, -0.25) is 10.1 Å². The third-order valence-corrected chi connectivity index (χ3v) is 5.31. The van der Waals surface area contributed by atoms with Gasteiger partial charge in [0.15, 0.2) is 4.90 Å². The molecule has 2 unspecified atom stereocenters. The molecule has 1 aromatic rings. The van der Waals surface area contributed by atoms with Gasteiger partial charge in [-0.05, 0) is 30.9 Å². The molecule has 0 heterocycles. The summed E-state index contributed by atoms with van der Waals surface area (Å²) in [6.07, 6.45) is 3.53. The standard InChI is InChI=1S/C13H19N3O4S/c1-9-4-2-5-10(8-9)15-21(19,20)12-7-3-6-11(14)13(12)16(17)18/h3,6-7,9-10,15H,2,4-5,8,14H2,1H3. The van der Waals surface area contributed by atoms with Crippen LogP contribution in [0.3, 0.4) is 0 Å². The van der Waals surface area contributed by atoms with Crippen molar-refractivity contribution in [3.8, 4) is 0 Å². The molecule has 0 amide bonds. The summed E-state index contributed by atoms with van der Waals surface area (Å²) in [6.45, 7) is 2.07. The Labute approximate surface area is 123 Å². The van der Waals surface area contributed by atoms with Crippen molar-refractivity contribution in [2.75, 3.05) is 5.73 Å². The predicted octanol–water partition coefficient (Wildman–Crippen LogP) is 2.03. The maximum atomic E-state index is 12.4. The molecule has 21 heavy (non-hydrogen) atoms. The summed E-state index contributed by atoms with van der Waals surface area (Å²) in [6, 6.07) is 3.75. The number of nitrogens with two attached hydrogens (primary N) is 1.